The molecule has 1 rings (SSSR count). The second-order valence-electron chi connectivity index (χ2n) is 4.17. The van der Waals surface area contributed by atoms with Gasteiger partial charge in [-0.1, -0.05) is 12.1 Å². The molecule has 0 fully saturated rings. The SMILES string of the molecule is CC[C@@H](C)NC(=O)CSCc1c(C)noc1C. The average Bonchev–Trinajstić information content (AvgIpc) is 2.60. The minimum Gasteiger partial charge on any atom is -0.361 e. The zero-order chi connectivity index (χ0) is 12.8. The first-order chi connectivity index (χ1) is 8.04. The van der Waals surface area contributed by atoms with Crippen molar-refractivity contribution in [2.75, 3.05) is 5.75 Å². The van der Waals surface area contributed by atoms with E-state index in [0.29, 0.717) is 5.75 Å². The Kier molecular flexibility index (Phi) is 5.55. The van der Waals surface area contributed by atoms with Crippen LogP contribution in [0.5, 0.6) is 0 Å². The summed E-state index contributed by atoms with van der Waals surface area (Å²) in [6.07, 6.45) is 0.959. The van der Waals surface area contributed by atoms with Gasteiger partial charge in [-0.2, -0.15) is 0 Å². The molecule has 1 amide bonds. The van der Waals surface area contributed by atoms with E-state index in [1.807, 2.05) is 20.8 Å². The number of hydrogen-bond acceptors (Lipinski definition) is 4. The summed E-state index contributed by atoms with van der Waals surface area (Å²) < 4.78 is 5.07. The molecule has 5 heteroatoms. The first-order valence-electron chi connectivity index (χ1n) is 5.83. The van der Waals surface area contributed by atoms with Gasteiger partial charge < -0.3 is 9.84 Å². The monoisotopic (exact) mass is 256 g/mol. The van der Waals surface area contributed by atoms with E-state index >= 15 is 0 Å². The van der Waals surface area contributed by atoms with Crippen LogP contribution in [0.15, 0.2) is 4.52 Å². The Morgan fingerprint density at radius 3 is 2.76 bits per heavy atom. The Morgan fingerprint density at radius 2 is 2.24 bits per heavy atom. The lowest BCUT2D eigenvalue weighted by atomic mass is 10.2. The first kappa shape index (κ1) is 14.1. The van der Waals surface area contributed by atoms with Crippen molar-refractivity contribution in [1.29, 1.82) is 0 Å². The molecule has 1 aromatic rings. The number of thioether (sulfide) groups is 1. The Labute approximate surface area is 107 Å². The fourth-order valence-electron chi connectivity index (χ4n) is 1.37. The minimum atomic E-state index is 0.0936. The molecule has 0 aromatic carbocycles. The van der Waals surface area contributed by atoms with Gasteiger partial charge in [-0.05, 0) is 27.2 Å². The molecule has 0 bridgehead atoms. The molecule has 0 spiro atoms. The number of nitrogens with zero attached hydrogens (tertiary/aromatic N) is 1. The molecule has 0 unspecified atom stereocenters. The summed E-state index contributed by atoms with van der Waals surface area (Å²) in [5.41, 5.74) is 2.02. The Balaban J connectivity index is 2.31. The summed E-state index contributed by atoms with van der Waals surface area (Å²) >= 11 is 1.59. The molecule has 0 saturated carbocycles. The Morgan fingerprint density at radius 1 is 1.53 bits per heavy atom. The van der Waals surface area contributed by atoms with Gasteiger partial charge in [0.15, 0.2) is 0 Å². The van der Waals surface area contributed by atoms with Crippen LogP contribution in [0.25, 0.3) is 0 Å². The molecule has 17 heavy (non-hydrogen) atoms. The molecule has 0 aliphatic carbocycles. The molecule has 1 N–H and O–H groups in total. The predicted molar refractivity (Wildman–Crippen MR) is 70.0 cm³/mol. The van der Waals surface area contributed by atoms with E-state index in [-0.39, 0.29) is 11.9 Å². The van der Waals surface area contributed by atoms with Crippen LogP contribution in [0.4, 0.5) is 0 Å². The van der Waals surface area contributed by atoms with E-state index in [9.17, 15) is 4.79 Å². The van der Waals surface area contributed by atoms with Crippen LogP contribution in [0, 0.1) is 13.8 Å². The van der Waals surface area contributed by atoms with Crippen LogP contribution < -0.4 is 5.32 Å². The van der Waals surface area contributed by atoms with E-state index < -0.39 is 0 Å². The number of aryl methyl sites for hydroxylation is 2. The zero-order valence-electron chi connectivity index (χ0n) is 10.9. The third-order valence-electron chi connectivity index (χ3n) is 2.68. The fourth-order valence-corrected chi connectivity index (χ4v) is 2.36. The smallest absolute Gasteiger partial charge is 0.230 e. The number of carbonyl (C=O) groups excluding carboxylic acids is 1. The molecule has 4 nitrogen and oxygen atoms in total. The van der Waals surface area contributed by atoms with Crippen molar-refractivity contribution in [2.45, 2.75) is 45.9 Å². The lowest BCUT2D eigenvalue weighted by Gasteiger charge is -2.10. The van der Waals surface area contributed by atoms with Gasteiger partial charge in [0.1, 0.15) is 5.76 Å². The third-order valence-corrected chi connectivity index (χ3v) is 3.64. The topological polar surface area (TPSA) is 55.1 Å². The van der Waals surface area contributed by atoms with E-state index in [0.717, 1.165) is 29.2 Å². The third kappa shape index (κ3) is 4.42. The van der Waals surface area contributed by atoms with E-state index in [2.05, 4.69) is 17.4 Å². The number of rotatable bonds is 6. The Bertz CT molecular complexity index is 357. The van der Waals surface area contributed by atoms with Crippen LogP contribution in [-0.2, 0) is 10.5 Å². The summed E-state index contributed by atoms with van der Waals surface area (Å²) in [5.74, 6) is 2.19. The second-order valence-corrected chi connectivity index (χ2v) is 5.16. The van der Waals surface area contributed by atoms with E-state index in [1.165, 1.54) is 0 Å². The van der Waals surface area contributed by atoms with Crippen molar-refractivity contribution < 1.29 is 9.32 Å². The minimum absolute atomic E-state index is 0.0936. The standard InChI is InChI=1S/C12H20N2O2S/c1-5-8(2)13-12(15)7-17-6-11-9(3)14-16-10(11)4/h8H,5-7H2,1-4H3,(H,13,15)/t8-/m1/s1. The zero-order valence-corrected chi connectivity index (χ0v) is 11.7. The molecule has 0 aliphatic heterocycles. The molecule has 0 aliphatic rings. The molecular weight excluding hydrogens is 236 g/mol. The van der Waals surface area contributed by atoms with Crippen molar-refractivity contribution in [3.05, 3.63) is 17.0 Å². The molecule has 96 valence electrons. The molecule has 0 radical (unpaired) electrons. The number of nitrogens with one attached hydrogen (secondary N) is 1. The maximum absolute atomic E-state index is 11.5. The summed E-state index contributed by atoms with van der Waals surface area (Å²) in [6, 6.07) is 0.252. The van der Waals surface area contributed by atoms with Crippen LogP contribution in [0.2, 0.25) is 0 Å². The molecule has 0 saturated heterocycles. The normalized spacial score (nSPS) is 12.5. The molecule has 1 aromatic heterocycles. The number of amides is 1. The summed E-state index contributed by atoms with van der Waals surface area (Å²) in [7, 11) is 0. The summed E-state index contributed by atoms with van der Waals surface area (Å²) in [4.78, 5) is 11.5. The van der Waals surface area contributed by atoms with E-state index in [1.54, 1.807) is 11.8 Å². The molecular formula is C12H20N2O2S. The van der Waals surface area contributed by atoms with Gasteiger partial charge >= 0.3 is 0 Å². The fraction of sp³-hybridized carbons (Fsp3) is 0.667. The molecule has 1 atom stereocenters. The van der Waals surface area contributed by atoms with Gasteiger partial charge in [0.05, 0.1) is 11.4 Å². The predicted octanol–water partition coefficient (Wildman–Crippen LogP) is 2.44. The maximum Gasteiger partial charge on any atom is 0.230 e. The lowest BCUT2D eigenvalue weighted by molar-refractivity contribution is -0.119. The highest BCUT2D eigenvalue weighted by atomic mass is 32.2. The van der Waals surface area contributed by atoms with Gasteiger partial charge in [-0.3, -0.25) is 4.79 Å². The maximum atomic E-state index is 11.5. The highest BCUT2D eigenvalue weighted by Crippen LogP contribution is 2.19. The highest BCUT2D eigenvalue weighted by molar-refractivity contribution is 7.99. The highest BCUT2D eigenvalue weighted by Gasteiger charge is 2.10. The number of hydrogen-bond donors (Lipinski definition) is 1. The lowest BCUT2D eigenvalue weighted by Crippen LogP contribution is -2.33. The number of carbonyl (C=O) groups is 1. The summed E-state index contributed by atoms with van der Waals surface area (Å²) in [6.45, 7) is 7.89. The Hall–Kier alpha value is -0.970. The summed E-state index contributed by atoms with van der Waals surface area (Å²) in [5, 5.41) is 6.83. The van der Waals surface area contributed by atoms with Crippen LogP contribution in [0.1, 0.15) is 37.3 Å². The van der Waals surface area contributed by atoms with Crippen molar-refractivity contribution in [3.63, 3.8) is 0 Å². The van der Waals surface area contributed by atoms with Gasteiger partial charge in [0, 0.05) is 17.4 Å². The number of aromatic nitrogens is 1. The van der Waals surface area contributed by atoms with Gasteiger partial charge in [0.2, 0.25) is 5.91 Å². The van der Waals surface area contributed by atoms with Gasteiger partial charge in [-0.25, -0.2) is 0 Å². The molecule has 1 heterocycles. The van der Waals surface area contributed by atoms with Gasteiger partial charge in [0.25, 0.3) is 0 Å². The second kappa shape index (κ2) is 6.69. The van der Waals surface area contributed by atoms with Crippen molar-refractivity contribution in [1.82, 2.24) is 10.5 Å². The van der Waals surface area contributed by atoms with Crippen molar-refractivity contribution in [3.8, 4) is 0 Å². The van der Waals surface area contributed by atoms with Crippen LogP contribution in [0.3, 0.4) is 0 Å². The average molecular weight is 256 g/mol. The van der Waals surface area contributed by atoms with E-state index in [4.69, 9.17) is 4.52 Å². The largest absolute Gasteiger partial charge is 0.361 e. The van der Waals surface area contributed by atoms with Crippen LogP contribution in [-0.4, -0.2) is 22.9 Å². The van der Waals surface area contributed by atoms with Gasteiger partial charge in [-0.15, -0.1) is 11.8 Å². The first-order valence-corrected chi connectivity index (χ1v) is 6.98. The van der Waals surface area contributed by atoms with Crippen molar-refractivity contribution >= 4 is 17.7 Å². The van der Waals surface area contributed by atoms with Crippen LogP contribution >= 0.6 is 11.8 Å². The quantitative estimate of drug-likeness (QED) is 0.849. The van der Waals surface area contributed by atoms with Crippen molar-refractivity contribution in [2.24, 2.45) is 0 Å².